The molecule has 1 aromatic heterocycles. The van der Waals surface area contributed by atoms with Crippen molar-refractivity contribution in [1.29, 1.82) is 0 Å². The minimum absolute atomic E-state index is 0.0186. The summed E-state index contributed by atoms with van der Waals surface area (Å²) in [6.07, 6.45) is 0. The van der Waals surface area contributed by atoms with Gasteiger partial charge < -0.3 is 15.0 Å². The zero-order valence-electron chi connectivity index (χ0n) is 6.91. The maximum Gasteiger partial charge on any atom is 0.444 e. The van der Waals surface area contributed by atoms with Crippen molar-refractivity contribution in [1.82, 2.24) is 10.3 Å². The zero-order valence-corrected chi connectivity index (χ0v) is 6.91. The molecule has 1 rings (SSSR count). The van der Waals surface area contributed by atoms with Gasteiger partial charge in [0.25, 0.3) is 0 Å². The zero-order chi connectivity index (χ0) is 10.6. The van der Waals surface area contributed by atoms with Crippen LogP contribution >= 0.6 is 0 Å². The molecule has 0 amide bonds. The number of oxime groups is 1. The number of nitro groups is 1. The van der Waals surface area contributed by atoms with Gasteiger partial charge in [0.2, 0.25) is 5.69 Å². The minimum Gasteiger partial charge on any atom is -0.358 e. The summed E-state index contributed by atoms with van der Waals surface area (Å²) in [7, 11) is 0. The van der Waals surface area contributed by atoms with Gasteiger partial charge in [0.05, 0.1) is 0 Å². The Morgan fingerprint density at radius 1 is 1.71 bits per heavy atom. The van der Waals surface area contributed by atoms with Crippen molar-refractivity contribution < 1.29 is 19.2 Å². The van der Waals surface area contributed by atoms with Crippen LogP contribution in [0.25, 0.3) is 0 Å². The molecule has 0 saturated heterocycles. The summed E-state index contributed by atoms with van der Waals surface area (Å²) in [6.45, 7) is 1.43. The Labute approximate surface area is 76.4 Å². The van der Waals surface area contributed by atoms with Crippen molar-refractivity contribution in [3.05, 3.63) is 15.8 Å². The lowest BCUT2D eigenvalue weighted by Gasteiger charge is -1.90. The lowest BCUT2D eigenvalue weighted by Crippen LogP contribution is -2.01. The molecule has 9 nitrogen and oxygen atoms in total. The fraction of sp³-hybridized carbons (Fsp3) is 0.200. The number of aromatic nitrogens is 2. The van der Waals surface area contributed by atoms with Crippen LogP contribution in [0.3, 0.4) is 0 Å². The van der Waals surface area contributed by atoms with Gasteiger partial charge in [0.1, 0.15) is 5.71 Å². The fourth-order valence-electron chi connectivity index (χ4n) is 0.675. The molecule has 0 aromatic carbocycles. The molecule has 0 atom stereocenters. The minimum atomic E-state index is -0.786. The summed E-state index contributed by atoms with van der Waals surface area (Å²) in [6, 6.07) is 0. The van der Waals surface area contributed by atoms with Gasteiger partial charge in [0, 0.05) is 0 Å². The van der Waals surface area contributed by atoms with Crippen LogP contribution in [0, 0.1) is 10.1 Å². The SMILES string of the molecule is C/C(=N\OC=O)c1nonc1[N+](=O)[O-]. The van der Waals surface area contributed by atoms with Crippen molar-refractivity contribution in [3.63, 3.8) is 0 Å². The number of nitrogens with zero attached hydrogens (tertiary/aromatic N) is 4. The summed E-state index contributed by atoms with van der Waals surface area (Å²) in [5.74, 6) is -0.583. The molecule has 0 bridgehead atoms. The molecule has 1 heterocycles. The first-order valence-corrected chi connectivity index (χ1v) is 3.28. The molecule has 0 saturated carbocycles. The van der Waals surface area contributed by atoms with Gasteiger partial charge in [-0.2, -0.15) is 0 Å². The highest BCUT2D eigenvalue weighted by atomic mass is 16.7. The number of rotatable bonds is 4. The maximum absolute atomic E-state index is 10.3. The standard InChI is InChI=1S/C5H4N4O5/c1-3(6-13-2-10)4-5(9(11)12)8-14-7-4/h2H,1H3/b6-3+. The van der Waals surface area contributed by atoms with Crippen molar-refractivity contribution >= 4 is 18.0 Å². The molecule has 0 fully saturated rings. The van der Waals surface area contributed by atoms with Gasteiger partial charge in [-0.25, -0.2) is 0 Å². The second kappa shape index (κ2) is 4.07. The summed E-state index contributed by atoms with van der Waals surface area (Å²) < 4.78 is 4.14. The van der Waals surface area contributed by atoms with E-state index in [1.165, 1.54) is 6.92 Å². The second-order valence-electron chi connectivity index (χ2n) is 2.07. The maximum atomic E-state index is 10.3. The molecule has 74 valence electrons. The highest BCUT2D eigenvalue weighted by Crippen LogP contribution is 2.12. The smallest absolute Gasteiger partial charge is 0.358 e. The van der Waals surface area contributed by atoms with Crippen molar-refractivity contribution in [2.75, 3.05) is 0 Å². The van der Waals surface area contributed by atoms with Gasteiger partial charge in [-0.05, 0) is 17.0 Å². The third-order valence-electron chi connectivity index (χ3n) is 1.22. The number of hydrogen-bond acceptors (Lipinski definition) is 8. The van der Waals surface area contributed by atoms with E-state index < -0.39 is 10.7 Å². The predicted molar refractivity (Wildman–Crippen MR) is 40.3 cm³/mol. The van der Waals surface area contributed by atoms with E-state index in [4.69, 9.17) is 0 Å². The predicted octanol–water partition coefficient (Wildman–Crippen LogP) is -0.125. The lowest BCUT2D eigenvalue weighted by atomic mass is 10.3. The fourth-order valence-corrected chi connectivity index (χ4v) is 0.675. The number of carbonyl (C=O) groups excluding carboxylic acids is 1. The van der Waals surface area contributed by atoms with E-state index in [0.717, 1.165) is 0 Å². The van der Waals surface area contributed by atoms with E-state index in [9.17, 15) is 14.9 Å². The van der Waals surface area contributed by atoms with Crippen LogP contribution in [0.1, 0.15) is 12.6 Å². The molecule has 14 heavy (non-hydrogen) atoms. The lowest BCUT2D eigenvalue weighted by molar-refractivity contribution is -0.391. The molecule has 0 N–H and O–H groups in total. The Balaban J connectivity index is 3.00. The number of hydrogen-bond donors (Lipinski definition) is 0. The molecular weight excluding hydrogens is 196 g/mol. The topological polar surface area (TPSA) is 121 Å². The Kier molecular flexibility index (Phi) is 2.84. The van der Waals surface area contributed by atoms with Crippen molar-refractivity contribution in [2.24, 2.45) is 5.16 Å². The molecule has 0 aliphatic heterocycles. The van der Waals surface area contributed by atoms with Crippen LogP contribution in [0.2, 0.25) is 0 Å². The van der Waals surface area contributed by atoms with E-state index in [1.807, 2.05) is 0 Å². The highest BCUT2D eigenvalue weighted by Gasteiger charge is 2.24. The van der Waals surface area contributed by atoms with Crippen LogP contribution in [0.4, 0.5) is 5.82 Å². The summed E-state index contributed by atoms with van der Waals surface area (Å²) in [4.78, 5) is 23.4. The van der Waals surface area contributed by atoms with Gasteiger partial charge in [-0.3, -0.25) is 4.79 Å². The summed E-state index contributed by atoms with van der Waals surface area (Å²) >= 11 is 0. The van der Waals surface area contributed by atoms with E-state index in [0.29, 0.717) is 0 Å². The Morgan fingerprint density at radius 3 is 3.00 bits per heavy atom. The summed E-state index contributed by atoms with van der Waals surface area (Å²) in [5, 5.41) is 19.8. The normalized spacial score (nSPS) is 11.1. The molecule has 0 spiro atoms. The summed E-state index contributed by atoms with van der Waals surface area (Å²) in [5.41, 5.74) is -0.165. The number of carbonyl (C=O) groups is 1. The molecule has 0 radical (unpaired) electrons. The second-order valence-corrected chi connectivity index (χ2v) is 2.07. The van der Waals surface area contributed by atoms with Crippen LogP contribution < -0.4 is 0 Å². The van der Waals surface area contributed by atoms with Crippen LogP contribution in [-0.4, -0.2) is 27.4 Å². The van der Waals surface area contributed by atoms with E-state index in [1.54, 1.807) is 0 Å². The molecular formula is C5H4N4O5. The third kappa shape index (κ3) is 1.88. The van der Waals surface area contributed by atoms with Crippen LogP contribution in [0.5, 0.6) is 0 Å². The van der Waals surface area contributed by atoms with E-state index in [-0.39, 0.29) is 17.9 Å². The third-order valence-corrected chi connectivity index (χ3v) is 1.22. The van der Waals surface area contributed by atoms with E-state index in [2.05, 4.69) is 24.9 Å². The average Bonchev–Trinajstić information content (AvgIpc) is 2.62. The van der Waals surface area contributed by atoms with Crippen molar-refractivity contribution in [2.45, 2.75) is 6.92 Å². The van der Waals surface area contributed by atoms with Crippen molar-refractivity contribution in [3.8, 4) is 0 Å². The van der Waals surface area contributed by atoms with Gasteiger partial charge in [0.15, 0.2) is 5.16 Å². The average molecular weight is 200 g/mol. The monoisotopic (exact) mass is 200 g/mol. The first kappa shape index (κ1) is 9.77. The first-order chi connectivity index (χ1) is 6.66. The van der Waals surface area contributed by atoms with Crippen LogP contribution in [0.15, 0.2) is 9.78 Å². The molecule has 1 aromatic rings. The van der Waals surface area contributed by atoms with Gasteiger partial charge in [-0.15, -0.1) is 4.63 Å². The largest absolute Gasteiger partial charge is 0.444 e. The molecule has 0 aliphatic rings. The van der Waals surface area contributed by atoms with Gasteiger partial charge in [-0.1, -0.05) is 5.16 Å². The molecule has 0 unspecified atom stereocenters. The van der Waals surface area contributed by atoms with Gasteiger partial charge >= 0.3 is 12.3 Å². The first-order valence-electron chi connectivity index (χ1n) is 3.28. The molecule has 0 aliphatic carbocycles. The Hall–Kier alpha value is -2.32. The Morgan fingerprint density at radius 2 is 2.43 bits per heavy atom. The highest BCUT2D eigenvalue weighted by molar-refractivity contribution is 5.99. The van der Waals surface area contributed by atoms with Crippen LogP contribution in [-0.2, 0) is 9.63 Å². The molecule has 9 heteroatoms. The van der Waals surface area contributed by atoms with E-state index >= 15 is 0 Å². The Bertz CT molecular complexity index is 383. The quantitative estimate of drug-likeness (QED) is 0.218.